The molecule has 6 atom stereocenters. The number of fused-ring (bicyclic) bond motifs is 5. The Kier molecular flexibility index (Phi) is 12.9. The van der Waals surface area contributed by atoms with Crippen molar-refractivity contribution in [2.75, 3.05) is 59.5 Å². The van der Waals surface area contributed by atoms with Crippen LogP contribution in [0.5, 0.6) is 5.75 Å². The summed E-state index contributed by atoms with van der Waals surface area (Å²) in [5, 5.41) is 21.1. The fraction of sp³-hybridized carbons (Fsp3) is 0.676. The molecular weight excluding hydrogens is 556 g/mol. The van der Waals surface area contributed by atoms with Gasteiger partial charge in [0.15, 0.2) is 0 Å². The lowest BCUT2D eigenvalue weighted by Crippen LogP contribution is -2.47. The van der Waals surface area contributed by atoms with Gasteiger partial charge in [0, 0.05) is 6.61 Å². The van der Waals surface area contributed by atoms with Crippen molar-refractivity contribution in [2.24, 2.45) is 23.2 Å². The van der Waals surface area contributed by atoms with Crippen LogP contribution in [0.25, 0.3) is 0 Å². The van der Waals surface area contributed by atoms with Crippen LogP contribution in [-0.4, -0.2) is 75.8 Å². The summed E-state index contributed by atoms with van der Waals surface area (Å²) in [5.74, 6) is 2.77. The molecule has 44 heavy (non-hydrogen) atoms. The van der Waals surface area contributed by atoms with Gasteiger partial charge in [-0.25, -0.2) is 0 Å². The zero-order chi connectivity index (χ0) is 30.6. The number of aliphatic hydroxyl groups is 1. The highest BCUT2D eigenvalue weighted by molar-refractivity contribution is 5.40. The first-order chi connectivity index (χ1) is 21.6. The molecule has 2 saturated carbocycles. The van der Waals surface area contributed by atoms with Crippen LogP contribution in [0.3, 0.4) is 0 Å². The first kappa shape index (κ1) is 33.4. The minimum atomic E-state index is -0.160. The molecule has 5 rings (SSSR count). The summed E-state index contributed by atoms with van der Waals surface area (Å²) in [6.07, 6.45) is 8.60. The van der Waals surface area contributed by atoms with Crippen LogP contribution in [0.4, 0.5) is 0 Å². The van der Waals surface area contributed by atoms with Gasteiger partial charge in [-0.05, 0) is 103 Å². The molecule has 2 fully saturated rings. The molecule has 0 spiro atoms. The summed E-state index contributed by atoms with van der Waals surface area (Å²) in [7, 11) is 0. The normalized spacial score (nSPS) is 27.5. The first-order valence-electron chi connectivity index (χ1n) is 17.0. The fourth-order valence-electron chi connectivity index (χ4n) is 8.29. The van der Waals surface area contributed by atoms with E-state index in [1.165, 1.54) is 23.1 Å². The van der Waals surface area contributed by atoms with Crippen LogP contribution in [0, 0.1) is 23.2 Å². The van der Waals surface area contributed by atoms with Gasteiger partial charge < -0.3 is 33.9 Å². The number of aromatic hydroxyl groups is 1. The van der Waals surface area contributed by atoms with Gasteiger partial charge in [0.1, 0.15) is 5.75 Å². The maximum atomic E-state index is 10.9. The molecule has 0 radical (unpaired) electrons. The Balaban J connectivity index is 0.887. The SMILES string of the molecule is C[C@]12CC[C@@H]3c4ccc(O)cc4C[C@@H](CCCCOCCOCCOCCOCCOCc4ccccc4)[C@H]3[C@@H]1CC[C@@H]2O. The summed E-state index contributed by atoms with van der Waals surface area (Å²) in [5.41, 5.74) is 4.03. The number of phenolic OH excluding ortho intramolecular Hbond substituents is 1. The van der Waals surface area contributed by atoms with E-state index in [0.717, 1.165) is 51.6 Å². The molecule has 7 nitrogen and oxygen atoms in total. The Bertz CT molecular complexity index is 1110. The second kappa shape index (κ2) is 17.1. The predicted octanol–water partition coefficient (Wildman–Crippen LogP) is 6.29. The lowest BCUT2D eigenvalue weighted by molar-refractivity contribution is -0.0399. The van der Waals surface area contributed by atoms with Gasteiger partial charge in [-0.3, -0.25) is 0 Å². The lowest BCUT2D eigenvalue weighted by Gasteiger charge is -2.53. The third-order valence-corrected chi connectivity index (χ3v) is 10.5. The Morgan fingerprint density at radius 1 is 0.750 bits per heavy atom. The van der Waals surface area contributed by atoms with Crippen molar-refractivity contribution in [3.05, 3.63) is 65.2 Å². The first-order valence-corrected chi connectivity index (χ1v) is 17.0. The molecule has 3 aliphatic carbocycles. The van der Waals surface area contributed by atoms with Gasteiger partial charge in [0.25, 0.3) is 0 Å². The smallest absolute Gasteiger partial charge is 0.115 e. The Labute approximate surface area is 264 Å². The molecular formula is C37H54O7. The van der Waals surface area contributed by atoms with E-state index in [4.69, 9.17) is 23.7 Å². The maximum Gasteiger partial charge on any atom is 0.115 e. The number of phenols is 1. The summed E-state index contributed by atoms with van der Waals surface area (Å²) >= 11 is 0. The van der Waals surface area contributed by atoms with Gasteiger partial charge in [-0.15, -0.1) is 0 Å². The van der Waals surface area contributed by atoms with Crippen molar-refractivity contribution < 1.29 is 33.9 Å². The van der Waals surface area contributed by atoms with E-state index in [-0.39, 0.29) is 11.5 Å². The number of hydrogen-bond donors (Lipinski definition) is 2. The van der Waals surface area contributed by atoms with E-state index in [1.54, 1.807) is 0 Å². The number of aliphatic hydroxyl groups excluding tert-OH is 1. The van der Waals surface area contributed by atoms with Crippen molar-refractivity contribution in [3.63, 3.8) is 0 Å². The molecule has 0 heterocycles. The fourth-order valence-corrected chi connectivity index (χ4v) is 8.29. The van der Waals surface area contributed by atoms with Crippen molar-refractivity contribution in [1.29, 1.82) is 0 Å². The van der Waals surface area contributed by atoms with Crippen LogP contribution in [0.2, 0.25) is 0 Å². The van der Waals surface area contributed by atoms with Gasteiger partial charge in [-0.2, -0.15) is 0 Å². The van der Waals surface area contributed by atoms with Gasteiger partial charge in [-0.1, -0.05) is 49.7 Å². The number of benzene rings is 2. The Hall–Kier alpha value is -2.00. The molecule has 0 aliphatic heterocycles. The highest BCUT2D eigenvalue weighted by atomic mass is 16.6. The molecule has 2 aromatic carbocycles. The summed E-state index contributed by atoms with van der Waals surface area (Å²) in [6, 6.07) is 16.2. The van der Waals surface area contributed by atoms with Crippen LogP contribution >= 0.6 is 0 Å². The molecule has 0 unspecified atom stereocenters. The van der Waals surface area contributed by atoms with Crippen LogP contribution in [-0.2, 0) is 36.7 Å². The standard InChI is InChI=1S/C37H54O7/c1-37-15-14-33-32-11-10-31(38)26-30(32)25-29(36(33)34(37)12-13-35(37)39)9-5-6-16-40-17-18-41-19-20-42-21-22-43-23-24-44-27-28-7-3-2-4-8-28/h2-4,7-8,10-11,26,29,33-36,38-39H,5-6,9,12-25,27H2,1H3/t29-,33-,34+,35+,36-,37+/m1/s1. The van der Waals surface area contributed by atoms with Gasteiger partial charge >= 0.3 is 0 Å². The monoisotopic (exact) mass is 610 g/mol. The lowest BCUT2D eigenvalue weighted by atomic mass is 9.52. The zero-order valence-corrected chi connectivity index (χ0v) is 26.7. The molecule has 7 heteroatoms. The minimum Gasteiger partial charge on any atom is -0.508 e. The second-order valence-corrected chi connectivity index (χ2v) is 13.3. The van der Waals surface area contributed by atoms with Crippen LogP contribution < -0.4 is 0 Å². The van der Waals surface area contributed by atoms with E-state index in [9.17, 15) is 10.2 Å². The van der Waals surface area contributed by atoms with E-state index >= 15 is 0 Å². The van der Waals surface area contributed by atoms with Crippen LogP contribution in [0.15, 0.2) is 48.5 Å². The molecule has 244 valence electrons. The Morgan fingerprint density at radius 3 is 2.11 bits per heavy atom. The molecule has 2 N–H and O–H groups in total. The largest absolute Gasteiger partial charge is 0.508 e. The van der Waals surface area contributed by atoms with E-state index in [0.29, 0.717) is 88.9 Å². The Morgan fingerprint density at radius 2 is 1.41 bits per heavy atom. The van der Waals surface area contributed by atoms with E-state index in [2.05, 4.69) is 25.1 Å². The number of unbranched alkanes of at least 4 members (excludes halogenated alkanes) is 1. The molecule has 0 saturated heterocycles. The van der Waals surface area contributed by atoms with E-state index in [1.807, 2.05) is 30.3 Å². The van der Waals surface area contributed by atoms with Crippen molar-refractivity contribution in [3.8, 4) is 5.75 Å². The molecule has 0 aromatic heterocycles. The zero-order valence-electron chi connectivity index (χ0n) is 26.7. The predicted molar refractivity (Wildman–Crippen MR) is 171 cm³/mol. The van der Waals surface area contributed by atoms with Gasteiger partial charge in [0.05, 0.1) is 65.6 Å². The average Bonchev–Trinajstić information content (AvgIpc) is 3.34. The topological polar surface area (TPSA) is 86.6 Å². The number of ether oxygens (including phenoxy) is 5. The summed E-state index contributed by atoms with van der Waals surface area (Å²) in [4.78, 5) is 0. The van der Waals surface area contributed by atoms with Crippen molar-refractivity contribution in [2.45, 2.75) is 76.9 Å². The quantitative estimate of drug-likeness (QED) is 0.181. The second-order valence-electron chi connectivity index (χ2n) is 13.3. The molecule has 2 aromatic rings. The van der Waals surface area contributed by atoms with Crippen LogP contribution in [0.1, 0.15) is 74.5 Å². The number of hydrogen-bond acceptors (Lipinski definition) is 7. The molecule has 0 amide bonds. The minimum absolute atomic E-state index is 0.0634. The van der Waals surface area contributed by atoms with Crippen molar-refractivity contribution >= 4 is 0 Å². The third kappa shape index (κ3) is 8.83. The van der Waals surface area contributed by atoms with E-state index < -0.39 is 0 Å². The maximum absolute atomic E-state index is 10.9. The van der Waals surface area contributed by atoms with Gasteiger partial charge in [0.2, 0.25) is 0 Å². The molecule has 0 bridgehead atoms. The average molecular weight is 611 g/mol. The highest BCUT2D eigenvalue weighted by Gasteiger charge is 2.56. The third-order valence-electron chi connectivity index (χ3n) is 10.5. The number of rotatable bonds is 19. The van der Waals surface area contributed by atoms with Crippen molar-refractivity contribution in [1.82, 2.24) is 0 Å². The highest BCUT2D eigenvalue weighted by Crippen LogP contribution is 2.62. The summed E-state index contributed by atoms with van der Waals surface area (Å²) < 4.78 is 28.2. The summed E-state index contributed by atoms with van der Waals surface area (Å²) in [6.45, 7) is 8.23. The molecule has 3 aliphatic rings.